The summed E-state index contributed by atoms with van der Waals surface area (Å²) in [6.07, 6.45) is 4.95. The molecule has 1 amide bonds. The first-order valence-electron chi connectivity index (χ1n) is 7.08. The summed E-state index contributed by atoms with van der Waals surface area (Å²) in [6, 6.07) is 3.22. The van der Waals surface area contributed by atoms with Crippen molar-refractivity contribution in [2.24, 2.45) is 5.92 Å². The van der Waals surface area contributed by atoms with E-state index in [4.69, 9.17) is 9.84 Å². The standard InChI is InChI=1S/C15H20N2O4/c1-10(15(19)20)9-17(2)14(18)11-6-7-16-13(8-11)21-12-4-3-5-12/h6-8,10,12H,3-5,9H2,1-2H3,(H,19,20). The highest BCUT2D eigenvalue weighted by atomic mass is 16.5. The number of carbonyl (C=O) groups excluding carboxylic acids is 1. The maximum atomic E-state index is 12.3. The van der Waals surface area contributed by atoms with Crippen LogP contribution in [0.1, 0.15) is 36.5 Å². The maximum Gasteiger partial charge on any atom is 0.308 e. The number of pyridine rings is 1. The molecule has 6 heteroatoms. The van der Waals surface area contributed by atoms with Crippen molar-refractivity contribution in [2.45, 2.75) is 32.3 Å². The molecule has 1 fully saturated rings. The second-order valence-electron chi connectivity index (χ2n) is 5.48. The molecule has 0 aliphatic heterocycles. The van der Waals surface area contributed by atoms with E-state index in [0.717, 1.165) is 12.8 Å². The smallest absolute Gasteiger partial charge is 0.308 e. The van der Waals surface area contributed by atoms with Gasteiger partial charge >= 0.3 is 5.97 Å². The largest absolute Gasteiger partial charge is 0.481 e. The first-order chi connectivity index (χ1) is 9.97. The lowest BCUT2D eigenvalue weighted by molar-refractivity contribution is -0.141. The molecular formula is C15H20N2O4. The van der Waals surface area contributed by atoms with Gasteiger partial charge in [0.05, 0.1) is 5.92 Å². The highest BCUT2D eigenvalue weighted by Gasteiger charge is 2.21. The Hall–Kier alpha value is -2.11. The third kappa shape index (κ3) is 3.93. The van der Waals surface area contributed by atoms with E-state index in [1.54, 1.807) is 26.1 Å². The molecule has 0 spiro atoms. The normalized spacial score (nSPS) is 15.9. The van der Waals surface area contributed by atoms with E-state index < -0.39 is 11.9 Å². The van der Waals surface area contributed by atoms with Crippen LogP contribution >= 0.6 is 0 Å². The molecule has 1 heterocycles. The van der Waals surface area contributed by atoms with Crippen LogP contribution in [-0.4, -0.2) is 46.6 Å². The third-order valence-corrected chi connectivity index (χ3v) is 3.64. The Kier molecular flexibility index (Phi) is 4.77. The quantitative estimate of drug-likeness (QED) is 0.865. The molecule has 1 saturated carbocycles. The van der Waals surface area contributed by atoms with Crippen LogP contribution in [-0.2, 0) is 4.79 Å². The molecule has 0 aromatic carbocycles. The summed E-state index contributed by atoms with van der Waals surface area (Å²) in [5, 5.41) is 8.89. The van der Waals surface area contributed by atoms with Gasteiger partial charge in [0.2, 0.25) is 5.88 Å². The second-order valence-corrected chi connectivity index (χ2v) is 5.48. The molecule has 2 rings (SSSR count). The Morgan fingerprint density at radius 3 is 2.81 bits per heavy atom. The van der Waals surface area contributed by atoms with Gasteiger partial charge in [-0.05, 0) is 25.3 Å². The molecule has 1 unspecified atom stereocenters. The highest BCUT2D eigenvalue weighted by molar-refractivity contribution is 5.94. The number of hydrogen-bond acceptors (Lipinski definition) is 4. The molecule has 0 saturated heterocycles. The van der Waals surface area contributed by atoms with Crippen molar-refractivity contribution in [1.82, 2.24) is 9.88 Å². The number of nitrogens with zero attached hydrogens (tertiary/aromatic N) is 2. The molecule has 1 aliphatic carbocycles. The molecule has 114 valence electrons. The van der Waals surface area contributed by atoms with Gasteiger partial charge in [0.15, 0.2) is 0 Å². The number of hydrogen-bond donors (Lipinski definition) is 1. The van der Waals surface area contributed by atoms with E-state index in [0.29, 0.717) is 11.4 Å². The second kappa shape index (κ2) is 6.56. The Balaban J connectivity index is 2.00. The lowest BCUT2D eigenvalue weighted by Gasteiger charge is -2.26. The molecule has 1 aliphatic rings. The van der Waals surface area contributed by atoms with E-state index in [1.165, 1.54) is 17.5 Å². The Labute approximate surface area is 123 Å². The average Bonchev–Trinajstić information content (AvgIpc) is 2.42. The summed E-state index contributed by atoms with van der Waals surface area (Å²) in [4.78, 5) is 28.6. The number of aromatic nitrogens is 1. The summed E-state index contributed by atoms with van der Waals surface area (Å²) < 4.78 is 5.66. The fraction of sp³-hybridized carbons (Fsp3) is 0.533. The van der Waals surface area contributed by atoms with Crippen molar-refractivity contribution in [3.63, 3.8) is 0 Å². The van der Waals surface area contributed by atoms with Crippen molar-refractivity contribution in [3.8, 4) is 5.88 Å². The van der Waals surface area contributed by atoms with Gasteiger partial charge in [0, 0.05) is 31.4 Å². The molecule has 0 radical (unpaired) electrons. The zero-order chi connectivity index (χ0) is 15.4. The predicted octanol–water partition coefficient (Wildman–Crippen LogP) is 1.81. The van der Waals surface area contributed by atoms with E-state index in [1.807, 2.05) is 0 Å². The zero-order valence-electron chi connectivity index (χ0n) is 12.3. The maximum absolute atomic E-state index is 12.3. The van der Waals surface area contributed by atoms with Crippen LogP contribution in [0.5, 0.6) is 5.88 Å². The van der Waals surface area contributed by atoms with Crippen LogP contribution in [0.4, 0.5) is 0 Å². The van der Waals surface area contributed by atoms with Crippen LogP contribution < -0.4 is 4.74 Å². The summed E-state index contributed by atoms with van der Waals surface area (Å²) in [5.41, 5.74) is 0.458. The van der Waals surface area contributed by atoms with Gasteiger partial charge in [-0.25, -0.2) is 4.98 Å². The first kappa shape index (κ1) is 15.3. The summed E-state index contributed by atoms with van der Waals surface area (Å²) in [6.45, 7) is 1.74. The lowest BCUT2D eigenvalue weighted by atomic mass is 9.96. The SMILES string of the molecule is CC(CN(C)C(=O)c1ccnc(OC2CCC2)c1)C(=O)O. The molecular weight excluding hydrogens is 272 g/mol. The minimum absolute atomic E-state index is 0.162. The Morgan fingerprint density at radius 2 is 2.24 bits per heavy atom. The molecule has 6 nitrogen and oxygen atoms in total. The van der Waals surface area contributed by atoms with Gasteiger partial charge in [0.1, 0.15) is 6.10 Å². The Morgan fingerprint density at radius 1 is 1.52 bits per heavy atom. The van der Waals surface area contributed by atoms with Crippen molar-refractivity contribution in [2.75, 3.05) is 13.6 Å². The van der Waals surface area contributed by atoms with Gasteiger partial charge in [-0.3, -0.25) is 9.59 Å². The number of carboxylic acid groups (broad SMARTS) is 1. The fourth-order valence-electron chi connectivity index (χ4n) is 2.06. The molecule has 1 N–H and O–H groups in total. The first-order valence-corrected chi connectivity index (χ1v) is 7.08. The number of rotatable bonds is 6. The van der Waals surface area contributed by atoms with Gasteiger partial charge < -0.3 is 14.7 Å². The van der Waals surface area contributed by atoms with Crippen LogP contribution in [0, 0.1) is 5.92 Å². The highest BCUT2D eigenvalue weighted by Crippen LogP contribution is 2.24. The fourth-order valence-corrected chi connectivity index (χ4v) is 2.06. The van der Waals surface area contributed by atoms with E-state index in [9.17, 15) is 9.59 Å². The van der Waals surface area contributed by atoms with Gasteiger partial charge in [-0.15, -0.1) is 0 Å². The topological polar surface area (TPSA) is 79.7 Å². The van der Waals surface area contributed by atoms with Crippen LogP contribution in [0.25, 0.3) is 0 Å². The van der Waals surface area contributed by atoms with Crippen LogP contribution in [0.2, 0.25) is 0 Å². The van der Waals surface area contributed by atoms with Gasteiger partial charge in [-0.2, -0.15) is 0 Å². The molecule has 21 heavy (non-hydrogen) atoms. The van der Waals surface area contributed by atoms with Crippen molar-refractivity contribution < 1.29 is 19.4 Å². The van der Waals surface area contributed by atoms with Crippen molar-refractivity contribution >= 4 is 11.9 Å². The number of amides is 1. The number of carboxylic acids is 1. The minimum atomic E-state index is -0.918. The molecule has 1 aromatic rings. The number of ether oxygens (including phenoxy) is 1. The summed E-state index contributed by atoms with van der Waals surface area (Å²) in [5.74, 6) is -1.31. The van der Waals surface area contributed by atoms with Crippen molar-refractivity contribution in [3.05, 3.63) is 23.9 Å². The Bertz CT molecular complexity index is 528. The lowest BCUT2D eigenvalue weighted by Crippen LogP contribution is -2.33. The van der Waals surface area contributed by atoms with Gasteiger partial charge in [-0.1, -0.05) is 6.92 Å². The molecule has 1 aromatic heterocycles. The predicted molar refractivity (Wildman–Crippen MR) is 76.3 cm³/mol. The zero-order valence-corrected chi connectivity index (χ0v) is 12.3. The van der Waals surface area contributed by atoms with E-state index in [2.05, 4.69) is 4.98 Å². The summed E-state index contributed by atoms with van der Waals surface area (Å²) >= 11 is 0. The van der Waals surface area contributed by atoms with E-state index >= 15 is 0 Å². The molecule has 1 atom stereocenters. The number of aliphatic carboxylic acids is 1. The summed E-state index contributed by atoms with van der Waals surface area (Å²) in [7, 11) is 1.59. The third-order valence-electron chi connectivity index (χ3n) is 3.64. The van der Waals surface area contributed by atoms with Crippen LogP contribution in [0.15, 0.2) is 18.3 Å². The van der Waals surface area contributed by atoms with Crippen LogP contribution in [0.3, 0.4) is 0 Å². The monoisotopic (exact) mass is 292 g/mol. The minimum Gasteiger partial charge on any atom is -0.481 e. The van der Waals surface area contributed by atoms with Crippen molar-refractivity contribution in [1.29, 1.82) is 0 Å². The van der Waals surface area contributed by atoms with E-state index in [-0.39, 0.29) is 18.6 Å². The number of carbonyl (C=O) groups is 2. The molecule has 0 bridgehead atoms. The average molecular weight is 292 g/mol. The van der Waals surface area contributed by atoms with Gasteiger partial charge in [0.25, 0.3) is 5.91 Å².